The summed E-state index contributed by atoms with van der Waals surface area (Å²) >= 11 is 0. The summed E-state index contributed by atoms with van der Waals surface area (Å²) in [5.41, 5.74) is 4.90. The summed E-state index contributed by atoms with van der Waals surface area (Å²) in [6.45, 7) is 3.85. The van der Waals surface area contributed by atoms with Crippen LogP contribution in [0.5, 0.6) is 11.5 Å². The minimum absolute atomic E-state index is 0. The molecule has 0 aliphatic heterocycles. The van der Waals surface area contributed by atoms with Crippen LogP contribution in [0.15, 0.2) is 230 Å². The summed E-state index contributed by atoms with van der Waals surface area (Å²) in [5, 5.41) is 1.79. The van der Waals surface area contributed by atoms with E-state index >= 15 is 0 Å². The van der Waals surface area contributed by atoms with Crippen LogP contribution in [0.4, 0.5) is 0 Å². The Hall–Kier alpha value is -8.11. The zero-order valence-corrected chi connectivity index (χ0v) is 40.0. The van der Waals surface area contributed by atoms with Gasteiger partial charge in [-0.3, -0.25) is 4.57 Å². The van der Waals surface area contributed by atoms with Gasteiger partial charge in [-0.05, 0) is 73.9 Å². The predicted octanol–water partition coefficient (Wildman–Crippen LogP) is 15.1. The van der Waals surface area contributed by atoms with Gasteiger partial charge in [-0.1, -0.05) is 201 Å². The molecule has 5 nitrogen and oxygen atoms in total. The second kappa shape index (κ2) is 18.8. The summed E-state index contributed by atoms with van der Waals surface area (Å²) in [6, 6.07) is 51.7. The molecule has 0 N–H and O–H groups in total. The van der Waals surface area contributed by atoms with E-state index in [4.69, 9.17) is 23.4 Å². The van der Waals surface area contributed by atoms with Crippen LogP contribution in [0.25, 0.3) is 83.4 Å². The van der Waals surface area contributed by atoms with Gasteiger partial charge in [-0.25, -0.2) is 4.98 Å². The Balaban J connectivity index is 0.00000705. The second-order valence-corrected chi connectivity index (χ2v) is 17.0. The average Bonchev–Trinajstić information content (AvgIpc) is 3.29. The van der Waals surface area contributed by atoms with Gasteiger partial charge in [0.1, 0.15) is 5.82 Å². The minimum atomic E-state index is -1.91. The van der Waals surface area contributed by atoms with Crippen LogP contribution >= 0.6 is 0 Å². The molecule has 0 saturated heterocycles. The molecule has 340 valence electrons. The molecule has 3 heterocycles. The number of pyridine rings is 1. The molecule has 0 radical (unpaired) electrons. The van der Waals surface area contributed by atoms with E-state index in [0.717, 1.165) is 27.4 Å². The molecule has 0 aliphatic carbocycles. The maximum Gasteiger partial charge on any atom is 0.268 e. The van der Waals surface area contributed by atoms with Crippen molar-refractivity contribution in [3.05, 3.63) is 260 Å². The van der Waals surface area contributed by atoms with Crippen LogP contribution in [-0.2, 0) is 32.9 Å². The molecule has 0 amide bonds. The van der Waals surface area contributed by atoms with Gasteiger partial charge in [0.2, 0.25) is 0 Å². The molecule has 0 atom stereocenters. The first-order chi connectivity index (χ1) is 38.9. The van der Waals surface area contributed by atoms with Crippen molar-refractivity contribution >= 4 is 32.8 Å². The molecule has 0 saturated carbocycles. The largest absolute Gasteiger partial charge is 0.510 e. The van der Waals surface area contributed by atoms with E-state index < -0.39 is 72.2 Å². The first-order valence-corrected chi connectivity index (χ1v) is 22.4. The van der Waals surface area contributed by atoms with Crippen LogP contribution in [0.2, 0.25) is 0 Å². The number of aromatic nitrogens is 4. The molecule has 12 aromatic rings. The van der Waals surface area contributed by atoms with Gasteiger partial charge in [0, 0.05) is 52.6 Å². The normalized spacial score (nSPS) is 14.1. The minimum Gasteiger partial charge on any atom is -0.510 e. The fourth-order valence-corrected chi connectivity index (χ4v) is 9.06. The van der Waals surface area contributed by atoms with Crippen molar-refractivity contribution < 1.29 is 46.8 Å². The van der Waals surface area contributed by atoms with Crippen molar-refractivity contribution in [2.75, 3.05) is 0 Å². The monoisotopic (exact) mass is 1090 g/mol. The Kier molecular flexibility index (Phi) is 8.74. The molecule has 6 heteroatoms. The molecule has 12 rings (SSSR count). The predicted molar refractivity (Wildman–Crippen MR) is 279 cm³/mol. The zero-order chi connectivity index (χ0) is 56.8. The van der Waals surface area contributed by atoms with Gasteiger partial charge in [-0.2, -0.15) is 18.2 Å². The Labute approximate surface area is 439 Å². The molecule has 70 heavy (non-hydrogen) atoms. The number of para-hydroxylation sites is 4. The molecule has 0 aliphatic rings. The molecule has 0 spiro atoms. The fraction of sp³-hybridized carbons (Fsp3) is 0.0625. The summed E-state index contributed by atoms with van der Waals surface area (Å²) in [7, 11) is 0. The number of ether oxygens (including phenoxy) is 1. The Bertz CT molecular complexity index is 4380. The number of nitrogens with zero attached hydrogens (tertiary/aromatic N) is 4. The molecule has 0 unspecified atom stereocenters. The van der Waals surface area contributed by atoms with Gasteiger partial charge >= 0.3 is 0 Å². The smallest absolute Gasteiger partial charge is 0.268 e. The third-order valence-corrected chi connectivity index (χ3v) is 12.3. The molecule has 3 aromatic heterocycles. The number of fused-ring (bicyclic) bond motifs is 4. The van der Waals surface area contributed by atoms with Gasteiger partial charge in [0.15, 0.2) is 0 Å². The van der Waals surface area contributed by atoms with Gasteiger partial charge in [0.25, 0.3) is 6.33 Å². The number of imidazole rings is 1. The topological polar surface area (TPSA) is 35.9 Å². The van der Waals surface area contributed by atoms with E-state index in [1.165, 1.54) is 0 Å². The summed E-state index contributed by atoms with van der Waals surface area (Å²) in [5.74, 6) is 1.12. The van der Waals surface area contributed by atoms with E-state index in [-0.39, 0.29) is 49.0 Å². The molecule has 0 bridgehead atoms. The van der Waals surface area contributed by atoms with E-state index in [9.17, 15) is 2.74 Å². The average molecular weight is 1090 g/mol. The van der Waals surface area contributed by atoms with E-state index in [0.29, 0.717) is 50.7 Å². The van der Waals surface area contributed by atoms with Crippen LogP contribution < -0.4 is 9.30 Å². The van der Waals surface area contributed by atoms with Crippen molar-refractivity contribution in [2.24, 2.45) is 0 Å². The van der Waals surface area contributed by atoms with Crippen LogP contribution in [0, 0.1) is 18.5 Å². The van der Waals surface area contributed by atoms with Crippen molar-refractivity contribution in [1.82, 2.24) is 14.1 Å². The first kappa shape index (κ1) is 32.6. The van der Waals surface area contributed by atoms with Crippen molar-refractivity contribution in [2.45, 2.75) is 25.6 Å². The first-order valence-electron chi connectivity index (χ1n) is 28.4. The number of benzene rings is 9. The molecule has 9 aromatic carbocycles. The Morgan fingerprint density at radius 2 is 1.23 bits per heavy atom. The van der Waals surface area contributed by atoms with Crippen LogP contribution in [-0.4, -0.2) is 14.1 Å². The Morgan fingerprint density at radius 3 is 1.96 bits per heavy atom. The standard InChI is InChI=1S/C64H46N4O.Pt/c1-64(2,49-27-13-6-14-28-49)42-48-39-62(65-43-57(48)47-25-11-5-12-26-47)68-58-34-16-15-31-55(58)56-38-37-52(41-61(56)68)69-51-30-19-29-50(40-51)66-44-67(60-36-18-17-35-59(60)66)63-53(45-21-7-3-8-22-45)32-20-33-54(63)46-23-9-4-10-24-46;/h3-39,43H,42H2,1-2H3;/q-2;/i3D,4D,7D,8D,9D,10D,21D,22D,23D,24D,42D2;. The number of rotatable bonds is 11. The van der Waals surface area contributed by atoms with E-state index in [1.54, 1.807) is 63.9 Å². The van der Waals surface area contributed by atoms with Gasteiger partial charge in [0.05, 0.1) is 30.4 Å². The van der Waals surface area contributed by atoms with Crippen molar-refractivity contribution in [3.63, 3.8) is 0 Å². The third kappa shape index (κ3) is 8.23. The SMILES string of the molecule is [2H]c1c([2H])c([2H])c(-c2cccc(-c3c([2H])c([2H])c([2H])c([2H])c3[2H])c2-[n+]2[c-]n(-c3[c-]c(Oc4[c-]c5c(cc4)c4ccccc4n5-c4cc(C([2H])([2H])C(C)(C)c5ccccc5)c(-c5ccccc5)cn4)ccc3)c3ccccc32)c([2H])c1[2H].[Pt]. The van der Waals surface area contributed by atoms with Gasteiger partial charge < -0.3 is 13.9 Å². The zero-order valence-electron chi connectivity index (χ0n) is 49.7. The maximum atomic E-state index is 9.96. The summed E-state index contributed by atoms with van der Waals surface area (Å²) < 4.78 is 119. The maximum absolute atomic E-state index is 9.96. The van der Waals surface area contributed by atoms with Crippen molar-refractivity contribution in [3.8, 4) is 62.1 Å². The van der Waals surface area contributed by atoms with Crippen LogP contribution in [0.1, 0.15) is 41.4 Å². The quantitative estimate of drug-likeness (QED) is 0.0956. The van der Waals surface area contributed by atoms with E-state index in [2.05, 4.69) is 18.5 Å². The summed E-state index contributed by atoms with van der Waals surface area (Å²) in [4.78, 5) is 5.05. The van der Waals surface area contributed by atoms with Gasteiger partial charge in [-0.15, -0.1) is 29.7 Å². The number of hydrogen-bond acceptors (Lipinski definition) is 2. The van der Waals surface area contributed by atoms with Crippen LogP contribution in [0.3, 0.4) is 0 Å². The fourth-order valence-electron chi connectivity index (χ4n) is 9.06. The summed E-state index contributed by atoms with van der Waals surface area (Å²) in [6.07, 6.45) is 3.24. The molecule has 0 fully saturated rings. The van der Waals surface area contributed by atoms with E-state index in [1.807, 2.05) is 134 Å². The van der Waals surface area contributed by atoms with Crippen molar-refractivity contribution in [1.29, 1.82) is 0 Å². The molecular weight excluding hydrogens is 1040 g/mol. The molecular formula is C64H46N4OPt-2. The third-order valence-electron chi connectivity index (χ3n) is 12.3. The number of hydrogen-bond donors (Lipinski definition) is 0. The second-order valence-electron chi connectivity index (χ2n) is 17.0. The Morgan fingerprint density at radius 1 is 0.600 bits per heavy atom.